The van der Waals surface area contributed by atoms with E-state index in [0.717, 1.165) is 57.1 Å². The van der Waals surface area contributed by atoms with Gasteiger partial charge in [-0.25, -0.2) is 24.9 Å². The Hall–Kier alpha value is -3.28. The number of methoxy groups -OCH3 is 1. The van der Waals surface area contributed by atoms with E-state index < -0.39 is 0 Å². The van der Waals surface area contributed by atoms with Crippen LogP contribution in [0, 0.1) is 0 Å². The second kappa shape index (κ2) is 9.06. The van der Waals surface area contributed by atoms with Crippen molar-refractivity contribution in [3.05, 3.63) is 48.8 Å². The first-order valence-corrected chi connectivity index (χ1v) is 12.4. The van der Waals surface area contributed by atoms with E-state index in [4.69, 9.17) is 14.5 Å². The van der Waals surface area contributed by atoms with Crippen molar-refractivity contribution in [2.75, 3.05) is 36.7 Å². The molecule has 1 saturated heterocycles. The summed E-state index contributed by atoms with van der Waals surface area (Å²) in [5.41, 5.74) is 3.82. The highest BCUT2D eigenvalue weighted by atomic mass is 32.2. The zero-order valence-electron chi connectivity index (χ0n) is 19.8. The molecule has 11 heteroatoms. The van der Waals surface area contributed by atoms with Crippen LogP contribution in [0.1, 0.15) is 19.4 Å². The molecule has 1 fully saturated rings. The largest absolute Gasteiger partial charge is 0.372 e. The summed E-state index contributed by atoms with van der Waals surface area (Å²) in [4.78, 5) is 28.3. The maximum atomic E-state index is 5.89. The molecule has 5 heterocycles. The molecule has 180 valence electrons. The number of hydrogen-bond donors (Lipinski definition) is 0. The fourth-order valence-electron chi connectivity index (χ4n) is 4.77. The molecule has 2 aliphatic heterocycles. The third-order valence-corrected chi connectivity index (χ3v) is 7.18. The van der Waals surface area contributed by atoms with E-state index in [1.54, 1.807) is 37.6 Å². The fourth-order valence-corrected chi connectivity index (χ4v) is 5.76. The third-order valence-electron chi connectivity index (χ3n) is 6.14. The zero-order valence-corrected chi connectivity index (χ0v) is 20.6. The number of imidazole rings is 1. The number of aromatic nitrogens is 6. The van der Waals surface area contributed by atoms with Gasteiger partial charge in [0.15, 0.2) is 22.8 Å². The molecule has 3 aromatic heterocycles. The molecule has 0 aliphatic carbocycles. The maximum Gasteiger partial charge on any atom is 0.168 e. The first-order valence-electron chi connectivity index (χ1n) is 11.5. The number of ether oxygens (including phenoxy) is 2. The molecule has 0 saturated carbocycles. The zero-order chi connectivity index (χ0) is 23.9. The van der Waals surface area contributed by atoms with Crippen LogP contribution < -0.4 is 9.80 Å². The van der Waals surface area contributed by atoms with Gasteiger partial charge in [0.05, 0.1) is 30.8 Å². The van der Waals surface area contributed by atoms with Gasteiger partial charge in [-0.1, -0.05) is 17.8 Å². The molecular weight excluding hydrogens is 464 g/mol. The monoisotopic (exact) mass is 490 g/mol. The van der Waals surface area contributed by atoms with Gasteiger partial charge >= 0.3 is 0 Å². The Kier molecular flexibility index (Phi) is 5.75. The molecule has 0 amide bonds. The van der Waals surface area contributed by atoms with Crippen molar-refractivity contribution < 1.29 is 9.47 Å². The predicted octanol–water partition coefficient (Wildman–Crippen LogP) is 3.48. The van der Waals surface area contributed by atoms with E-state index in [1.165, 1.54) is 0 Å². The van der Waals surface area contributed by atoms with E-state index in [1.807, 2.05) is 6.33 Å². The van der Waals surface area contributed by atoms with Gasteiger partial charge < -0.3 is 18.9 Å². The van der Waals surface area contributed by atoms with E-state index in [9.17, 15) is 0 Å². The standard InChI is InChI=1S/C24H26N8O2S/c1-15-9-30(10-16(2)34-15)21-20-22(28-12-27-21)31(13-29-20)11-17-4-5-19-18(8-17)32(14-33-3)23-24(35-19)26-7-6-25-23/h4-8,12-13,15-16H,9-11,14H2,1-3H3/t15-,16+. The Labute approximate surface area is 207 Å². The SMILES string of the molecule is COCN1c2cc(Cn3cnc4c(N5C[C@@H](C)O[C@@H](C)C5)ncnc43)ccc2Sc2nccnc21. The highest BCUT2D eigenvalue weighted by Gasteiger charge is 2.27. The Balaban J connectivity index is 1.32. The average molecular weight is 491 g/mol. The quantitative estimate of drug-likeness (QED) is 0.414. The summed E-state index contributed by atoms with van der Waals surface area (Å²) in [6, 6.07) is 6.45. The first kappa shape index (κ1) is 22.2. The molecule has 0 N–H and O–H groups in total. The molecule has 2 atom stereocenters. The van der Waals surface area contributed by atoms with Crippen molar-refractivity contribution in [2.45, 2.75) is 42.5 Å². The van der Waals surface area contributed by atoms with Crippen LogP contribution in [0.2, 0.25) is 0 Å². The molecule has 6 rings (SSSR count). The lowest BCUT2D eigenvalue weighted by Crippen LogP contribution is -2.46. The summed E-state index contributed by atoms with van der Waals surface area (Å²) in [5.74, 6) is 1.67. The number of morpholine rings is 1. The van der Waals surface area contributed by atoms with Crippen LogP contribution in [-0.2, 0) is 16.0 Å². The second-order valence-corrected chi connectivity index (χ2v) is 9.87. The van der Waals surface area contributed by atoms with Crippen molar-refractivity contribution in [3.63, 3.8) is 0 Å². The summed E-state index contributed by atoms with van der Waals surface area (Å²) >= 11 is 1.62. The number of benzene rings is 1. The van der Waals surface area contributed by atoms with Crippen LogP contribution in [0.3, 0.4) is 0 Å². The second-order valence-electron chi connectivity index (χ2n) is 8.84. The van der Waals surface area contributed by atoms with Gasteiger partial charge in [0.2, 0.25) is 0 Å². The number of nitrogens with zero attached hydrogens (tertiary/aromatic N) is 8. The van der Waals surface area contributed by atoms with Crippen LogP contribution in [0.4, 0.5) is 17.3 Å². The lowest BCUT2D eigenvalue weighted by atomic mass is 10.1. The molecule has 0 unspecified atom stereocenters. The van der Waals surface area contributed by atoms with Gasteiger partial charge in [0, 0.05) is 37.5 Å². The summed E-state index contributed by atoms with van der Waals surface area (Å²) in [5, 5.41) is 0.876. The van der Waals surface area contributed by atoms with Crippen molar-refractivity contribution in [1.29, 1.82) is 0 Å². The lowest BCUT2D eigenvalue weighted by Gasteiger charge is -2.35. The van der Waals surface area contributed by atoms with Crippen LogP contribution in [-0.4, -0.2) is 68.6 Å². The lowest BCUT2D eigenvalue weighted by molar-refractivity contribution is -0.00538. The molecule has 1 aromatic carbocycles. The predicted molar refractivity (Wildman–Crippen MR) is 133 cm³/mol. The molecule has 0 spiro atoms. The summed E-state index contributed by atoms with van der Waals surface area (Å²) in [6.45, 7) is 6.77. The van der Waals surface area contributed by atoms with Gasteiger partial charge in [-0.05, 0) is 31.5 Å². The molecule has 4 aromatic rings. The van der Waals surface area contributed by atoms with Crippen LogP contribution in [0.25, 0.3) is 11.2 Å². The normalized spacial score (nSPS) is 19.6. The molecule has 10 nitrogen and oxygen atoms in total. The molecule has 35 heavy (non-hydrogen) atoms. The van der Waals surface area contributed by atoms with E-state index in [-0.39, 0.29) is 12.2 Å². The number of fused-ring (bicyclic) bond motifs is 3. The molecule has 0 radical (unpaired) electrons. The van der Waals surface area contributed by atoms with E-state index in [0.29, 0.717) is 13.3 Å². The van der Waals surface area contributed by atoms with Crippen molar-refractivity contribution in [3.8, 4) is 0 Å². The summed E-state index contributed by atoms with van der Waals surface area (Å²) in [6.07, 6.45) is 7.18. The maximum absolute atomic E-state index is 5.89. The number of anilines is 3. The number of hydrogen-bond acceptors (Lipinski definition) is 10. The summed E-state index contributed by atoms with van der Waals surface area (Å²) in [7, 11) is 1.69. The van der Waals surface area contributed by atoms with Crippen molar-refractivity contribution in [2.24, 2.45) is 0 Å². The van der Waals surface area contributed by atoms with Gasteiger partial charge in [-0.15, -0.1) is 0 Å². The van der Waals surface area contributed by atoms with E-state index in [2.05, 4.69) is 66.3 Å². The Morgan fingerprint density at radius 1 is 1.03 bits per heavy atom. The summed E-state index contributed by atoms with van der Waals surface area (Å²) < 4.78 is 13.5. The van der Waals surface area contributed by atoms with Gasteiger partial charge in [0.1, 0.15) is 18.1 Å². The first-order chi connectivity index (χ1) is 17.1. The van der Waals surface area contributed by atoms with Crippen molar-refractivity contribution >= 4 is 40.2 Å². The molecular formula is C24H26N8O2S. The average Bonchev–Trinajstić information content (AvgIpc) is 3.26. The van der Waals surface area contributed by atoms with Crippen LogP contribution >= 0.6 is 11.8 Å². The topological polar surface area (TPSA) is 94.3 Å². The highest BCUT2D eigenvalue weighted by molar-refractivity contribution is 7.99. The van der Waals surface area contributed by atoms with Gasteiger partial charge in [-0.2, -0.15) is 0 Å². The van der Waals surface area contributed by atoms with E-state index >= 15 is 0 Å². The van der Waals surface area contributed by atoms with Crippen LogP contribution in [0.15, 0.2) is 53.2 Å². The van der Waals surface area contributed by atoms with Gasteiger partial charge in [0.25, 0.3) is 0 Å². The highest BCUT2D eigenvalue weighted by Crippen LogP contribution is 2.46. The number of rotatable bonds is 5. The van der Waals surface area contributed by atoms with Crippen LogP contribution in [0.5, 0.6) is 0 Å². The molecule has 2 aliphatic rings. The Bertz CT molecular complexity index is 1370. The Morgan fingerprint density at radius 3 is 2.69 bits per heavy atom. The minimum atomic E-state index is 0.143. The minimum absolute atomic E-state index is 0.143. The fraction of sp³-hybridized carbons (Fsp3) is 0.375. The Morgan fingerprint density at radius 2 is 1.86 bits per heavy atom. The smallest absolute Gasteiger partial charge is 0.168 e. The van der Waals surface area contributed by atoms with Crippen molar-refractivity contribution in [1.82, 2.24) is 29.5 Å². The van der Waals surface area contributed by atoms with Gasteiger partial charge in [-0.3, -0.25) is 4.90 Å². The third kappa shape index (κ3) is 4.09. The molecule has 0 bridgehead atoms. The minimum Gasteiger partial charge on any atom is -0.372 e.